The Morgan fingerprint density at radius 2 is 0.960 bits per heavy atom. The van der Waals surface area contributed by atoms with E-state index in [0.717, 1.165) is 6.42 Å². The van der Waals surface area contributed by atoms with Crippen molar-refractivity contribution in [2.75, 3.05) is 0 Å². The molecule has 0 saturated carbocycles. The fourth-order valence-corrected chi connectivity index (χ4v) is 7.14. The number of hydrogen-bond acceptors (Lipinski definition) is 0. The second-order valence-corrected chi connectivity index (χ2v) is 18.5. The van der Waals surface area contributed by atoms with Gasteiger partial charge in [0.15, 0.2) is 0 Å². The van der Waals surface area contributed by atoms with Crippen molar-refractivity contribution >= 4 is 3.21 Å². The molecule has 0 N–H and O–H groups in total. The molecule has 5 aromatic carbocycles. The molecule has 0 nitrogen and oxygen atoms in total. The van der Waals surface area contributed by atoms with Crippen LogP contribution in [0.3, 0.4) is 0 Å². The van der Waals surface area contributed by atoms with Gasteiger partial charge in [0.25, 0.3) is 0 Å². The van der Waals surface area contributed by atoms with Crippen molar-refractivity contribution < 1.29 is 49.0 Å². The molecule has 3 heteroatoms. The topological polar surface area (TPSA) is 0 Å². The van der Waals surface area contributed by atoms with Gasteiger partial charge in [0.05, 0.1) is 0 Å². The van der Waals surface area contributed by atoms with Crippen molar-refractivity contribution in [1.29, 1.82) is 0 Å². The Morgan fingerprint density at radius 1 is 0.540 bits per heavy atom. The number of benzene rings is 4. The number of rotatable bonds is 2. The van der Waals surface area contributed by atoms with Crippen LogP contribution in [-0.4, -0.2) is 3.21 Å². The third kappa shape index (κ3) is 11.0. The van der Waals surface area contributed by atoms with Gasteiger partial charge in [0, 0.05) is 0 Å². The molecule has 0 amide bonds. The summed E-state index contributed by atoms with van der Waals surface area (Å²) in [5.41, 5.74) is 14.6. The molecule has 0 heterocycles. The minimum absolute atomic E-state index is 0. The summed E-state index contributed by atoms with van der Waals surface area (Å²) in [6, 6.07) is 42.5. The molecule has 5 aromatic rings. The van der Waals surface area contributed by atoms with Crippen molar-refractivity contribution in [3.8, 4) is 11.1 Å². The zero-order valence-electron chi connectivity index (χ0n) is 32.4. The monoisotopic (exact) mass is 780 g/mol. The van der Waals surface area contributed by atoms with E-state index in [1.165, 1.54) is 83.1 Å². The minimum atomic E-state index is 0. The Labute approximate surface area is 332 Å². The predicted molar refractivity (Wildman–Crippen MR) is 206 cm³/mol. The standard InChI is InChI=1S/C29H41.C13H10.C5H5.2ClH.Zr/c1-26(2,3)22-14-18-13-19-15-23(27(4,5)6)25(29(10,11)12)17-21(19)20(18)16-24(22)28(7,8)9;1-3-7-12(8-4-1)11-13-9-5-2-6-10-13;1-2-4-5-3-1;;;/h14,16-17H,13H2,1-12H3;1-10H;1-5H;2*1H;/q-1;;-1;;;+2/p-2. The maximum absolute atomic E-state index is 3.90. The normalized spacial score (nSPS) is 12.1. The maximum atomic E-state index is 3.90. The van der Waals surface area contributed by atoms with E-state index in [9.17, 15) is 0 Å². The summed E-state index contributed by atoms with van der Waals surface area (Å²) >= 11 is 1.46. The Bertz CT molecular complexity index is 1670. The van der Waals surface area contributed by atoms with Gasteiger partial charge in [-0.3, -0.25) is 0 Å². The summed E-state index contributed by atoms with van der Waals surface area (Å²) in [6.45, 7) is 28.0. The Kier molecular flexibility index (Phi) is 15.2. The summed E-state index contributed by atoms with van der Waals surface area (Å²) in [7, 11) is 0. The van der Waals surface area contributed by atoms with Crippen LogP contribution >= 0.6 is 0 Å². The van der Waals surface area contributed by atoms with Crippen LogP contribution in [0.15, 0.2) is 109 Å². The second-order valence-electron chi connectivity index (χ2n) is 17.3. The minimum Gasteiger partial charge on any atom is -0.214 e. The van der Waals surface area contributed by atoms with E-state index in [-0.39, 0.29) is 46.5 Å². The zero-order chi connectivity index (χ0) is 35.5. The maximum Gasteiger partial charge on any atom is -0.172 e. The molecular weight excluding hydrogens is 727 g/mol. The number of halogens is 2. The molecule has 50 heavy (non-hydrogen) atoms. The molecule has 0 bridgehead atoms. The van der Waals surface area contributed by atoms with Crippen molar-refractivity contribution in [2.24, 2.45) is 0 Å². The first-order chi connectivity index (χ1) is 22.3. The summed E-state index contributed by atoms with van der Waals surface area (Å²) in [5.74, 6) is 0. The molecule has 1 aliphatic rings. The van der Waals surface area contributed by atoms with Gasteiger partial charge in [0.2, 0.25) is 0 Å². The Hall–Kier alpha value is -2.44. The molecule has 0 radical (unpaired) electrons. The van der Waals surface area contributed by atoms with Gasteiger partial charge in [-0.05, 0) is 39.4 Å². The molecule has 0 aliphatic heterocycles. The van der Waals surface area contributed by atoms with Crippen LogP contribution in [-0.2, 0) is 52.3 Å². The first-order valence-electron chi connectivity index (χ1n) is 17.4. The predicted octanol–water partition coefficient (Wildman–Crippen LogP) is 6.46. The van der Waals surface area contributed by atoms with Crippen LogP contribution in [0.5, 0.6) is 0 Å². The van der Waals surface area contributed by atoms with Crippen LogP contribution in [0.1, 0.15) is 128 Å². The van der Waals surface area contributed by atoms with Crippen molar-refractivity contribution in [3.63, 3.8) is 0 Å². The Balaban J connectivity index is 0.000000341. The van der Waals surface area contributed by atoms with Gasteiger partial charge in [-0.2, -0.15) is 35.9 Å². The molecule has 0 spiro atoms. The fraction of sp³-hybridized carbons (Fsp3) is 0.362. The third-order valence-electron chi connectivity index (χ3n) is 8.91. The first-order valence-corrected chi connectivity index (χ1v) is 18.7. The van der Waals surface area contributed by atoms with Gasteiger partial charge in [-0.15, -0.1) is 16.7 Å². The van der Waals surface area contributed by atoms with Gasteiger partial charge in [-0.1, -0.05) is 106 Å². The van der Waals surface area contributed by atoms with E-state index >= 15 is 0 Å². The van der Waals surface area contributed by atoms with E-state index < -0.39 is 0 Å². The molecule has 0 saturated heterocycles. The summed E-state index contributed by atoms with van der Waals surface area (Å²) in [6.07, 6.45) is 1.01. The molecule has 0 aromatic heterocycles. The van der Waals surface area contributed by atoms with Crippen molar-refractivity contribution in [2.45, 2.75) is 111 Å². The first kappa shape index (κ1) is 43.7. The summed E-state index contributed by atoms with van der Waals surface area (Å²) in [4.78, 5) is 0. The second kappa shape index (κ2) is 17.4. The molecule has 0 fully saturated rings. The third-order valence-corrected chi connectivity index (χ3v) is 10.3. The van der Waals surface area contributed by atoms with Crippen LogP contribution in [0.25, 0.3) is 11.1 Å². The van der Waals surface area contributed by atoms with E-state index in [2.05, 4.69) is 168 Å². The van der Waals surface area contributed by atoms with Gasteiger partial charge in [0.1, 0.15) is 0 Å². The van der Waals surface area contributed by atoms with Gasteiger partial charge in [-0.25, -0.2) is 12.1 Å². The largest absolute Gasteiger partial charge is 0.214 e. The molecule has 6 rings (SSSR count). The smallest absolute Gasteiger partial charge is 0.172 e. The van der Waals surface area contributed by atoms with Crippen LogP contribution in [0.2, 0.25) is 0 Å². The van der Waals surface area contributed by atoms with Gasteiger partial charge < -0.3 is 24.8 Å². The van der Waals surface area contributed by atoms with E-state index in [0.29, 0.717) is 0 Å². The van der Waals surface area contributed by atoms with Crippen molar-refractivity contribution in [1.82, 2.24) is 0 Å². The molecular formula is C47H56Cl2Zr-2. The average Bonchev–Trinajstić information content (AvgIpc) is 3.71. The number of hydrogen-bond donors (Lipinski definition) is 0. The molecule has 264 valence electrons. The van der Waals surface area contributed by atoms with E-state index in [1.54, 1.807) is 0 Å². The Morgan fingerprint density at radius 3 is 1.34 bits per heavy atom. The molecule has 0 unspecified atom stereocenters. The summed E-state index contributed by atoms with van der Waals surface area (Å²) in [5, 5.41) is 0. The molecule has 0 atom stereocenters. The zero-order valence-corrected chi connectivity index (χ0v) is 36.3. The fourth-order valence-electron chi connectivity index (χ4n) is 6.32. The quantitative estimate of drug-likeness (QED) is 0.177. The van der Waals surface area contributed by atoms with E-state index in [4.69, 9.17) is 0 Å². The average molecular weight is 783 g/mol. The van der Waals surface area contributed by atoms with Crippen LogP contribution in [0, 0.1) is 6.07 Å². The van der Waals surface area contributed by atoms with Crippen molar-refractivity contribution in [3.05, 3.63) is 160 Å². The number of fused-ring (bicyclic) bond motifs is 3. The van der Waals surface area contributed by atoms with Gasteiger partial charge >= 0.3 is 99.2 Å². The van der Waals surface area contributed by atoms with E-state index in [1.807, 2.05) is 30.3 Å². The van der Waals surface area contributed by atoms with Crippen LogP contribution < -0.4 is 24.8 Å². The SMILES string of the molecule is CC(C)(C)c1[c-]c2c(cc1C(C)(C)C)-c1cc(C(C)(C)C)c(C(C)(C)C)cc1C2.[Cl-].[Cl-].[Zr+2]=[C](c1ccccc1)c1ccccc1.c1cc[cH-]c1. The molecule has 1 aliphatic carbocycles. The summed E-state index contributed by atoms with van der Waals surface area (Å²) < 4.78 is 1.42. The van der Waals surface area contributed by atoms with Crippen LogP contribution in [0.4, 0.5) is 0 Å².